The molecule has 2 heterocycles. The Bertz CT molecular complexity index is 418. The fourth-order valence-electron chi connectivity index (χ4n) is 3.94. The Hall–Kier alpha value is -0.830. The lowest BCUT2D eigenvalue weighted by molar-refractivity contribution is 0.257. The second-order valence-electron chi connectivity index (χ2n) is 7.15. The Morgan fingerprint density at radius 2 is 1.95 bits per heavy atom. The third-order valence-electron chi connectivity index (χ3n) is 5.31. The minimum absolute atomic E-state index is 0.517. The first kappa shape index (κ1) is 14.1. The Morgan fingerprint density at radius 3 is 2.70 bits per heavy atom. The van der Waals surface area contributed by atoms with Crippen molar-refractivity contribution < 1.29 is 0 Å². The molecule has 3 nitrogen and oxygen atoms in total. The van der Waals surface area contributed by atoms with E-state index in [-0.39, 0.29) is 0 Å². The molecule has 3 rings (SSSR count). The van der Waals surface area contributed by atoms with Crippen LogP contribution in [0.25, 0.3) is 0 Å². The largest absolute Gasteiger partial charge is 0.333 e. The van der Waals surface area contributed by atoms with E-state index in [1.165, 1.54) is 57.2 Å². The van der Waals surface area contributed by atoms with Crippen LogP contribution in [-0.2, 0) is 6.54 Å². The Morgan fingerprint density at radius 1 is 1.15 bits per heavy atom. The van der Waals surface area contributed by atoms with Gasteiger partial charge in [0.05, 0.1) is 12.0 Å². The number of rotatable bonds is 3. The van der Waals surface area contributed by atoms with Crippen LogP contribution < -0.4 is 5.32 Å². The minimum atomic E-state index is 0.517. The predicted molar refractivity (Wildman–Crippen MR) is 82.5 cm³/mol. The van der Waals surface area contributed by atoms with Crippen LogP contribution in [0.15, 0.2) is 12.5 Å². The molecule has 0 aromatic carbocycles. The quantitative estimate of drug-likeness (QED) is 0.906. The third-order valence-corrected chi connectivity index (χ3v) is 5.31. The van der Waals surface area contributed by atoms with Gasteiger partial charge in [-0.05, 0) is 50.9 Å². The number of piperidine rings is 1. The summed E-state index contributed by atoms with van der Waals surface area (Å²) in [5, 5.41) is 3.74. The van der Waals surface area contributed by atoms with Crippen LogP contribution in [0.4, 0.5) is 0 Å². The minimum Gasteiger partial charge on any atom is -0.333 e. The highest BCUT2D eigenvalue weighted by molar-refractivity contribution is 5.07. The van der Waals surface area contributed by atoms with Gasteiger partial charge in [0.15, 0.2) is 0 Å². The highest BCUT2D eigenvalue weighted by Crippen LogP contribution is 2.31. The van der Waals surface area contributed by atoms with Crippen molar-refractivity contribution in [1.82, 2.24) is 14.9 Å². The van der Waals surface area contributed by atoms with Gasteiger partial charge in [-0.15, -0.1) is 0 Å². The van der Waals surface area contributed by atoms with Crippen LogP contribution >= 0.6 is 0 Å². The zero-order valence-corrected chi connectivity index (χ0v) is 13.0. The highest BCUT2D eigenvalue weighted by atomic mass is 15.1. The summed E-state index contributed by atoms with van der Waals surface area (Å²) in [5.41, 5.74) is 1.41. The zero-order chi connectivity index (χ0) is 13.9. The monoisotopic (exact) mass is 275 g/mol. The number of hydrogen-bond donors (Lipinski definition) is 1. The third kappa shape index (κ3) is 3.25. The molecule has 1 N–H and O–H groups in total. The van der Waals surface area contributed by atoms with Crippen LogP contribution in [0.5, 0.6) is 0 Å². The molecule has 1 aromatic heterocycles. The molecule has 0 bridgehead atoms. The van der Waals surface area contributed by atoms with Crippen molar-refractivity contribution in [1.29, 1.82) is 0 Å². The Kier molecular flexibility index (Phi) is 4.45. The molecule has 0 amide bonds. The van der Waals surface area contributed by atoms with Gasteiger partial charge in [-0.2, -0.15) is 0 Å². The molecule has 1 saturated heterocycles. The van der Waals surface area contributed by atoms with Gasteiger partial charge in [0.25, 0.3) is 0 Å². The van der Waals surface area contributed by atoms with Gasteiger partial charge >= 0.3 is 0 Å². The molecule has 112 valence electrons. The Labute approximate surface area is 123 Å². The highest BCUT2D eigenvalue weighted by Gasteiger charge is 2.24. The first-order chi connectivity index (χ1) is 9.72. The maximum Gasteiger partial charge on any atom is 0.0948 e. The van der Waals surface area contributed by atoms with Gasteiger partial charge in [-0.3, -0.25) is 0 Å². The molecular weight excluding hydrogens is 246 g/mol. The molecule has 20 heavy (non-hydrogen) atoms. The summed E-state index contributed by atoms with van der Waals surface area (Å²) in [6, 6.07) is 1.16. The maximum atomic E-state index is 4.43. The molecule has 0 radical (unpaired) electrons. The van der Waals surface area contributed by atoms with E-state index in [0.717, 1.165) is 11.8 Å². The molecule has 2 fully saturated rings. The van der Waals surface area contributed by atoms with Gasteiger partial charge in [0, 0.05) is 24.8 Å². The van der Waals surface area contributed by atoms with Gasteiger partial charge in [0.2, 0.25) is 0 Å². The summed E-state index contributed by atoms with van der Waals surface area (Å²) in [7, 11) is 0. The molecule has 1 aliphatic heterocycles. The lowest BCUT2D eigenvalue weighted by Gasteiger charge is -2.31. The van der Waals surface area contributed by atoms with Gasteiger partial charge < -0.3 is 9.88 Å². The van der Waals surface area contributed by atoms with Crippen LogP contribution in [0, 0.1) is 11.8 Å². The fraction of sp³-hybridized carbons (Fsp3) is 0.824. The standard InChI is InChI=1S/C17H29N3/c1-13-6-8-15(9-7-13)11-20-12-18-10-17(20)16-5-3-4-14(2)19-16/h10,12-16,19H,3-9,11H2,1-2H3. The van der Waals surface area contributed by atoms with E-state index in [9.17, 15) is 0 Å². The first-order valence-electron chi connectivity index (χ1n) is 8.48. The average Bonchev–Trinajstić information content (AvgIpc) is 2.89. The lowest BCUT2D eigenvalue weighted by Crippen LogP contribution is -2.35. The van der Waals surface area contributed by atoms with E-state index in [4.69, 9.17) is 0 Å². The molecule has 3 heteroatoms. The Balaban J connectivity index is 1.64. The molecule has 0 spiro atoms. The summed E-state index contributed by atoms with van der Waals surface area (Å²) < 4.78 is 2.43. The number of nitrogens with one attached hydrogen (secondary N) is 1. The second kappa shape index (κ2) is 6.30. The number of hydrogen-bond acceptors (Lipinski definition) is 2. The molecule has 1 aromatic rings. The molecule has 2 unspecified atom stereocenters. The maximum absolute atomic E-state index is 4.43. The van der Waals surface area contributed by atoms with E-state index >= 15 is 0 Å². The number of aromatic nitrogens is 2. The van der Waals surface area contributed by atoms with Crippen molar-refractivity contribution in [2.75, 3.05) is 0 Å². The van der Waals surface area contributed by atoms with E-state index in [1.807, 2.05) is 6.33 Å². The van der Waals surface area contributed by atoms with Crippen LogP contribution in [0.1, 0.15) is 70.5 Å². The summed E-state index contributed by atoms with van der Waals surface area (Å²) >= 11 is 0. The summed E-state index contributed by atoms with van der Waals surface area (Å²) in [6.45, 7) is 5.87. The summed E-state index contributed by atoms with van der Waals surface area (Å²) in [4.78, 5) is 4.43. The average molecular weight is 275 g/mol. The first-order valence-corrected chi connectivity index (χ1v) is 8.48. The molecule has 1 aliphatic carbocycles. The van der Waals surface area contributed by atoms with E-state index in [2.05, 4.69) is 34.9 Å². The van der Waals surface area contributed by atoms with Crippen molar-refractivity contribution >= 4 is 0 Å². The van der Waals surface area contributed by atoms with Gasteiger partial charge in [0.1, 0.15) is 0 Å². The molecule has 1 saturated carbocycles. The second-order valence-corrected chi connectivity index (χ2v) is 7.15. The molecular formula is C17H29N3. The van der Waals surface area contributed by atoms with Crippen molar-refractivity contribution in [2.24, 2.45) is 11.8 Å². The van der Waals surface area contributed by atoms with E-state index in [0.29, 0.717) is 12.1 Å². The van der Waals surface area contributed by atoms with Gasteiger partial charge in [-0.1, -0.05) is 19.8 Å². The molecule has 2 atom stereocenters. The van der Waals surface area contributed by atoms with Crippen LogP contribution in [-0.4, -0.2) is 15.6 Å². The SMILES string of the molecule is CC1CCC(Cn2cncc2C2CCCC(C)N2)CC1. The zero-order valence-electron chi connectivity index (χ0n) is 13.0. The number of nitrogens with zero attached hydrogens (tertiary/aromatic N) is 2. The van der Waals surface area contributed by atoms with E-state index < -0.39 is 0 Å². The van der Waals surface area contributed by atoms with Crippen molar-refractivity contribution in [2.45, 2.75) is 77.4 Å². The van der Waals surface area contributed by atoms with Crippen LogP contribution in [0.3, 0.4) is 0 Å². The molecule has 2 aliphatic rings. The summed E-state index contributed by atoms with van der Waals surface area (Å²) in [5.74, 6) is 1.80. The van der Waals surface area contributed by atoms with Crippen molar-refractivity contribution in [3.63, 3.8) is 0 Å². The van der Waals surface area contributed by atoms with Crippen molar-refractivity contribution in [3.8, 4) is 0 Å². The predicted octanol–water partition coefficient (Wildman–Crippen LogP) is 3.91. The van der Waals surface area contributed by atoms with Gasteiger partial charge in [-0.25, -0.2) is 4.98 Å². The van der Waals surface area contributed by atoms with E-state index in [1.54, 1.807) is 0 Å². The number of imidazole rings is 1. The van der Waals surface area contributed by atoms with Crippen LogP contribution in [0.2, 0.25) is 0 Å². The summed E-state index contributed by atoms with van der Waals surface area (Å²) in [6.07, 6.45) is 13.7. The lowest BCUT2D eigenvalue weighted by atomic mass is 9.83. The fourth-order valence-corrected chi connectivity index (χ4v) is 3.94. The normalized spacial score (nSPS) is 35.1. The topological polar surface area (TPSA) is 29.9 Å². The smallest absolute Gasteiger partial charge is 0.0948 e. The van der Waals surface area contributed by atoms with Crippen molar-refractivity contribution in [3.05, 3.63) is 18.2 Å².